The van der Waals surface area contributed by atoms with Gasteiger partial charge >= 0.3 is 12.1 Å². The molecular formula is C25H28N2O5. The smallest absolute Gasteiger partial charge is 0.407 e. The normalized spacial score (nSPS) is 12.9. The Morgan fingerprint density at radius 1 is 1.12 bits per heavy atom. The second-order valence-corrected chi connectivity index (χ2v) is 7.87. The van der Waals surface area contributed by atoms with Gasteiger partial charge in [-0.05, 0) is 35.6 Å². The minimum Gasteiger partial charge on any atom is -0.480 e. The number of fused-ring (bicyclic) bond motifs is 3. The summed E-state index contributed by atoms with van der Waals surface area (Å²) in [6.45, 7) is 5.34. The van der Waals surface area contributed by atoms with Gasteiger partial charge in [-0.1, -0.05) is 54.6 Å². The van der Waals surface area contributed by atoms with Crippen LogP contribution in [0.5, 0.6) is 0 Å². The van der Waals surface area contributed by atoms with Gasteiger partial charge < -0.3 is 20.1 Å². The lowest BCUT2D eigenvalue weighted by Gasteiger charge is -2.20. The van der Waals surface area contributed by atoms with Crippen molar-refractivity contribution < 1.29 is 24.2 Å². The Morgan fingerprint density at radius 2 is 1.72 bits per heavy atom. The van der Waals surface area contributed by atoms with Gasteiger partial charge in [-0.3, -0.25) is 9.59 Å². The van der Waals surface area contributed by atoms with Crippen LogP contribution in [0.1, 0.15) is 36.8 Å². The maximum absolute atomic E-state index is 12.3. The first kappa shape index (κ1) is 23.1. The summed E-state index contributed by atoms with van der Waals surface area (Å²) >= 11 is 0. The van der Waals surface area contributed by atoms with E-state index in [0.29, 0.717) is 6.42 Å². The molecule has 0 saturated carbocycles. The third-order valence-corrected chi connectivity index (χ3v) is 5.53. The fourth-order valence-corrected chi connectivity index (χ4v) is 3.99. The Bertz CT molecular complexity index is 958. The van der Waals surface area contributed by atoms with Gasteiger partial charge in [-0.2, -0.15) is 0 Å². The van der Waals surface area contributed by atoms with E-state index in [2.05, 4.69) is 36.2 Å². The number of nitrogens with zero attached hydrogens (tertiary/aromatic N) is 1. The molecule has 7 nitrogen and oxygen atoms in total. The van der Waals surface area contributed by atoms with Crippen molar-refractivity contribution in [1.82, 2.24) is 10.2 Å². The number of alkyl carbamates (subject to hydrolysis) is 1. The lowest BCUT2D eigenvalue weighted by atomic mass is 9.98. The average molecular weight is 437 g/mol. The zero-order valence-corrected chi connectivity index (χ0v) is 18.1. The van der Waals surface area contributed by atoms with Crippen LogP contribution in [-0.4, -0.2) is 53.7 Å². The predicted molar refractivity (Wildman–Crippen MR) is 121 cm³/mol. The van der Waals surface area contributed by atoms with Crippen LogP contribution in [0, 0.1) is 0 Å². The molecule has 0 radical (unpaired) electrons. The summed E-state index contributed by atoms with van der Waals surface area (Å²) in [4.78, 5) is 36.7. The number of aliphatic carboxylic acids is 1. The summed E-state index contributed by atoms with van der Waals surface area (Å²) in [5, 5.41) is 11.7. The third kappa shape index (κ3) is 5.55. The molecule has 0 fully saturated rings. The van der Waals surface area contributed by atoms with Gasteiger partial charge in [-0.25, -0.2) is 4.79 Å². The first-order chi connectivity index (χ1) is 15.4. The number of carbonyl (C=O) groups is 3. The SMILES string of the molecule is C=CCN(CC(=O)O)C(=O)CCC(C)NC(=O)OCC1c2ccccc2-c2ccccc21. The lowest BCUT2D eigenvalue weighted by molar-refractivity contribution is -0.144. The van der Waals surface area contributed by atoms with Crippen molar-refractivity contribution in [3.8, 4) is 11.1 Å². The van der Waals surface area contributed by atoms with E-state index in [9.17, 15) is 14.4 Å². The molecule has 0 heterocycles. The van der Waals surface area contributed by atoms with Crippen molar-refractivity contribution >= 4 is 18.0 Å². The maximum Gasteiger partial charge on any atom is 0.407 e. The Balaban J connectivity index is 1.50. The van der Waals surface area contributed by atoms with Crippen LogP contribution in [0.3, 0.4) is 0 Å². The van der Waals surface area contributed by atoms with Crippen molar-refractivity contribution in [3.63, 3.8) is 0 Å². The quantitative estimate of drug-likeness (QED) is 0.553. The predicted octanol–water partition coefficient (Wildman–Crippen LogP) is 3.79. The highest BCUT2D eigenvalue weighted by Gasteiger charge is 2.29. The summed E-state index contributed by atoms with van der Waals surface area (Å²) in [5.41, 5.74) is 4.60. The van der Waals surface area contributed by atoms with Gasteiger partial charge in [0, 0.05) is 24.9 Å². The maximum atomic E-state index is 12.3. The number of carboxylic acid groups (broad SMARTS) is 1. The first-order valence-corrected chi connectivity index (χ1v) is 10.6. The number of hydrogen-bond acceptors (Lipinski definition) is 4. The molecule has 0 aliphatic heterocycles. The minimum absolute atomic E-state index is 0.0199. The number of nitrogens with one attached hydrogen (secondary N) is 1. The van der Waals surface area contributed by atoms with E-state index < -0.39 is 12.1 Å². The number of rotatable bonds is 10. The standard InChI is InChI=1S/C25H28N2O5/c1-3-14-27(15-24(29)30)23(28)13-12-17(2)26-25(31)32-16-22-20-10-6-4-8-18(20)19-9-5-7-11-21(19)22/h3-11,17,22H,1,12-16H2,2H3,(H,26,31)(H,29,30). The number of carboxylic acids is 1. The van der Waals surface area contributed by atoms with Gasteiger partial charge in [-0.15, -0.1) is 6.58 Å². The molecule has 32 heavy (non-hydrogen) atoms. The molecule has 1 atom stereocenters. The van der Waals surface area contributed by atoms with Crippen LogP contribution in [0.2, 0.25) is 0 Å². The minimum atomic E-state index is -1.08. The highest BCUT2D eigenvalue weighted by Crippen LogP contribution is 2.44. The molecule has 1 unspecified atom stereocenters. The van der Waals surface area contributed by atoms with Crippen molar-refractivity contribution in [2.75, 3.05) is 19.7 Å². The summed E-state index contributed by atoms with van der Waals surface area (Å²) in [5.74, 6) is -1.40. The first-order valence-electron chi connectivity index (χ1n) is 10.6. The lowest BCUT2D eigenvalue weighted by Crippen LogP contribution is -2.38. The number of amides is 2. The molecule has 1 aliphatic rings. The molecule has 3 rings (SSSR count). The third-order valence-electron chi connectivity index (χ3n) is 5.53. The fraction of sp³-hybridized carbons (Fsp3) is 0.320. The van der Waals surface area contributed by atoms with Gasteiger partial charge in [0.25, 0.3) is 0 Å². The Hall–Kier alpha value is -3.61. The van der Waals surface area contributed by atoms with Crippen LogP contribution in [0.25, 0.3) is 11.1 Å². The van der Waals surface area contributed by atoms with Crippen molar-refractivity contribution in [2.45, 2.75) is 31.7 Å². The van der Waals surface area contributed by atoms with Crippen molar-refractivity contribution in [1.29, 1.82) is 0 Å². The molecule has 1 aliphatic carbocycles. The van der Waals surface area contributed by atoms with Crippen LogP contribution >= 0.6 is 0 Å². The molecule has 2 aromatic carbocycles. The van der Waals surface area contributed by atoms with Gasteiger partial charge in [0.15, 0.2) is 0 Å². The summed E-state index contributed by atoms with van der Waals surface area (Å²) < 4.78 is 5.52. The van der Waals surface area contributed by atoms with E-state index in [0.717, 1.165) is 22.3 Å². The van der Waals surface area contributed by atoms with E-state index >= 15 is 0 Å². The topological polar surface area (TPSA) is 95.9 Å². The molecule has 0 saturated heterocycles. The Labute approximate surface area is 187 Å². The molecule has 0 spiro atoms. The van der Waals surface area contributed by atoms with Gasteiger partial charge in [0.1, 0.15) is 13.2 Å². The van der Waals surface area contributed by atoms with E-state index in [1.54, 1.807) is 6.92 Å². The average Bonchev–Trinajstić information content (AvgIpc) is 3.09. The molecule has 0 bridgehead atoms. The van der Waals surface area contributed by atoms with Crippen LogP contribution in [0.15, 0.2) is 61.2 Å². The van der Waals surface area contributed by atoms with Crippen molar-refractivity contribution in [2.24, 2.45) is 0 Å². The summed E-state index contributed by atoms with van der Waals surface area (Å²) in [7, 11) is 0. The molecule has 0 aromatic heterocycles. The molecular weight excluding hydrogens is 408 g/mol. The van der Waals surface area contributed by atoms with Crippen LogP contribution < -0.4 is 5.32 Å². The van der Waals surface area contributed by atoms with Crippen molar-refractivity contribution in [3.05, 3.63) is 72.3 Å². The highest BCUT2D eigenvalue weighted by molar-refractivity contribution is 5.81. The number of benzene rings is 2. The van der Waals surface area contributed by atoms with E-state index in [-0.39, 0.29) is 44.0 Å². The second kappa shape index (κ2) is 10.6. The van der Waals surface area contributed by atoms with E-state index in [4.69, 9.17) is 9.84 Å². The number of ether oxygens (including phenoxy) is 1. The summed E-state index contributed by atoms with van der Waals surface area (Å²) in [6, 6.07) is 15.9. The van der Waals surface area contributed by atoms with E-state index in [1.807, 2.05) is 24.3 Å². The molecule has 2 amide bonds. The van der Waals surface area contributed by atoms with Crippen LogP contribution in [0.4, 0.5) is 4.79 Å². The van der Waals surface area contributed by atoms with Gasteiger partial charge in [0.05, 0.1) is 0 Å². The zero-order chi connectivity index (χ0) is 23.1. The van der Waals surface area contributed by atoms with Crippen LogP contribution in [-0.2, 0) is 14.3 Å². The second-order valence-electron chi connectivity index (χ2n) is 7.87. The molecule has 168 valence electrons. The zero-order valence-electron chi connectivity index (χ0n) is 18.1. The summed E-state index contributed by atoms with van der Waals surface area (Å²) in [6.07, 6.45) is 1.43. The van der Waals surface area contributed by atoms with E-state index in [1.165, 1.54) is 11.0 Å². The highest BCUT2D eigenvalue weighted by atomic mass is 16.5. The van der Waals surface area contributed by atoms with Gasteiger partial charge in [0.2, 0.25) is 5.91 Å². The molecule has 2 aromatic rings. The molecule has 2 N–H and O–H groups in total. The largest absolute Gasteiger partial charge is 0.480 e. The molecule has 7 heteroatoms. The Kier molecular flexibility index (Phi) is 7.65. The monoisotopic (exact) mass is 436 g/mol. The number of hydrogen-bond donors (Lipinski definition) is 2. The number of carbonyl (C=O) groups excluding carboxylic acids is 2. The fourth-order valence-electron chi connectivity index (χ4n) is 3.99. The Morgan fingerprint density at radius 3 is 2.28 bits per heavy atom.